The number of benzene rings is 1. The van der Waals surface area contributed by atoms with Crippen LogP contribution in [0.4, 0.5) is 10.5 Å². The maximum atomic E-state index is 11.8. The Morgan fingerprint density at radius 1 is 1.23 bits per heavy atom. The Bertz CT molecular complexity index is 624. The predicted molar refractivity (Wildman–Crippen MR) is 87.1 cm³/mol. The monoisotopic (exact) mass is 301 g/mol. The predicted octanol–water partition coefficient (Wildman–Crippen LogP) is 3.64. The standard InChI is InChI=1S/C17H23N3O2/c1-12-11-15(22-20-12)9-10-18-16(21)19-14-7-5-13(6-8-14)17(2,3)4/h5-8,11H,9-10H2,1-4H3,(H2,18,19,21). The summed E-state index contributed by atoms with van der Waals surface area (Å²) in [6.45, 7) is 8.85. The highest BCUT2D eigenvalue weighted by molar-refractivity contribution is 5.89. The first-order chi connectivity index (χ1) is 10.3. The Morgan fingerprint density at radius 2 is 1.91 bits per heavy atom. The summed E-state index contributed by atoms with van der Waals surface area (Å²) in [5.41, 5.74) is 2.97. The minimum Gasteiger partial charge on any atom is -0.361 e. The lowest BCUT2D eigenvalue weighted by molar-refractivity contribution is 0.252. The minimum atomic E-state index is -0.222. The first-order valence-electron chi connectivity index (χ1n) is 7.42. The van der Waals surface area contributed by atoms with Crippen LogP contribution in [-0.4, -0.2) is 17.7 Å². The van der Waals surface area contributed by atoms with Crippen molar-refractivity contribution in [3.63, 3.8) is 0 Å². The summed E-state index contributed by atoms with van der Waals surface area (Å²) in [5, 5.41) is 9.42. The lowest BCUT2D eigenvalue weighted by Crippen LogP contribution is -2.30. The number of amides is 2. The van der Waals surface area contributed by atoms with Gasteiger partial charge in [0.1, 0.15) is 5.76 Å². The average Bonchev–Trinajstić information content (AvgIpc) is 2.84. The second kappa shape index (κ2) is 6.64. The maximum absolute atomic E-state index is 11.8. The summed E-state index contributed by atoms with van der Waals surface area (Å²) >= 11 is 0. The van der Waals surface area contributed by atoms with Crippen molar-refractivity contribution in [1.82, 2.24) is 10.5 Å². The highest BCUT2D eigenvalue weighted by Gasteiger charge is 2.13. The largest absolute Gasteiger partial charge is 0.361 e. The summed E-state index contributed by atoms with van der Waals surface area (Å²) < 4.78 is 5.09. The van der Waals surface area contributed by atoms with E-state index in [2.05, 4.69) is 36.6 Å². The van der Waals surface area contributed by atoms with Crippen LogP contribution in [0.25, 0.3) is 0 Å². The molecule has 0 bridgehead atoms. The van der Waals surface area contributed by atoms with Gasteiger partial charge in [-0.15, -0.1) is 0 Å². The van der Waals surface area contributed by atoms with Gasteiger partial charge in [-0.2, -0.15) is 0 Å². The number of nitrogens with zero attached hydrogens (tertiary/aromatic N) is 1. The van der Waals surface area contributed by atoms with E-state index in [9.17, 15) is 4.79 Å². The van der Waals surface area contributed by atoms with Crippen LogP contribution in [0.15, 0.2) is 34.9 Å². The minimum absolute atomic E-state index is 0.107. The fourth-order valence-corrected chi connectivity index (χ4v) is 2.06. The van der Waals surface area contributed by atoms with Gasteiger partial charge < -0.3 is 15.2 Å². The summed E-state index contributed by atoms with van der Waals surface area (Å²) in [7, 11) is 0. The molecule has 0 aliphatic carbocycles. The molecule has 5 nitrogen and oxygen atoms in total. The van der Waals surface area contributed by atoms with Gasteiger partial charge in [0.2, 0.25) is 0 Å². The van der Waals surface area contributed by atoms with Gasteiger partial charge in [-0.05, 0) is 30.0 Å². The molecule has 22 heavy (non-hydrogen) atoms. The van der Waals surface area contributed by atoms with E-state index in [-0.39, 0.29) is 11.4 Å². The van der Waals surface area contributed by atoms with E-state index in [0.29, 0.717) is 13.0 Å². The molecule has 0 saturated carbocycles. The number of aryl methyl sites for hydroxylation is 1. The van der Waals surface area contributed by atoms with Crippen LogP contribution in [-0.2, 0) is 11.8 Å². The van der Waals surface area contributed by atoms with Crippen molar-refractivity contribution in [2.45, 2.75) is 39.5 Å². The lowest BCUT2D eigenvalue weighted by Gasteiger charge is -2.19. The van der Waals surface area contributed by atoms with Crippen LogP contribution >= 0.6 is 0 Å². The van der Waals surface area contributed by atoms with Crippen molar-refractivity contribution < 1.29 is 9.32 Å². The molecule has 2 rings (SSSR count). The van der Waals surface area contributed by atoms with E-state index in [4.69, 9.17) is 4.52 Å². The van der Waals surface area contributed by atoms with Crippen LogP contribution < -0.4 is 10.6 Å². The normalized spacial score (nSPS) is 11.3. The molecule has 5 heteroatoms. The van der Waals surface area contributed by atoms with Gasteiger partial charge in [0, 0.05) is 24.7 Å². The lowest BCUT2D eigenvalue weighted by atomic mass is 9.87. The zero-order chi connectivity index (χ0) is 16.2. The van der Waals surface area contributed by atoms with E-state index in [1.54, 1.807) is 0 Å². The molecule has 0 atom stereocenters. The molecule has 0 aliphatic rings. The molecule has 0 spiro atoms. The zero-order valence-corrected chi connectivity index (χ0v) is 13.6. The molecule has 2 N–H and O–H groups in total. The molecule has 0 fully saturated rings. The number of carbonyl (C=O) groups excluding carboxylic acids is 1. The van der Waals surface area contributed by atoms with Gasteiger partial charge >= 0.3 is 6.03 Å². The number of anilines is 1. The Kier molecular flexibility index (Phi) is 4.85. The summed E-state index contributed by atoms with van der Waals surface area (Å²) in [6, 6.07) is 9.55. The van der Waals surface area contributed by atoms with Crippen molar-refractivity contribution in [3.8, 4) is 0 Å². The SMILES string of the molecule is Cc1cc(CCNC(=O)Nc2ccc(C(C)(C)C)cc2)on1. The van der Waals surface area contributed by atoms with E-state index < -0.39 is 0 Å². The fraction of sp³-hybridized carbons (Fsp3) is 0.412. The smallest absolute Gasteiger partial charge is 0.319 e. The van der Waals surface area contributed by atoms with E-state index in [1.807, 2.05) is 37.3 Å². The number of aromatic nitrogens is 1. The van der Waals surface area contributed by atoms with Crippen molar-refractivity contribution in [2.75, 3.05) is 11.9 Å². The number of nitrogens with one attached hydrogen (secondary N) is 2. The third kappa shape index (κ3) is 4.62. The Hall–Kier alpha value is -2.30. The Morgan fingerprint density at radius 3 is 2.45 bits per heavy atom. The molecule has 0 saturated heterocycles. The summed E-state index contributed by atoms with van der Waals surface area (Å²) in [4.78, 5) is 11.8. The third-order valence-electron chi connectivity index (χ3n) is 3.34. The van der Waals surface area contributed by atoms with Gasteiger partial charge in [0.15, 0.2) is 0 Å². The van der Waals surface area contributed by atoms with E-state index >= 15 is 0 Å². The van der Waals surface area contributed by atoms with Crippen LogP contribution in [0.2, 0.25) is 0 Å². The molecule has 1 heterocycles. The Balaban J connectivity index is 1.79. The molecule has 1 aromatic carbocycles. The highest BCUT2D eigenvalue weighted by atomic mass is 16.5. The summed E-state index contributed by atoms with van der Waals surface area (Å²) in [5.74, 6) is 0.771. The zero-order valence-electron chi connectivity index (χ0n) is 13.6. The van der Waals surface area contributed by atoms with Gasteiger partial charge in [0.25, 0.3) is 0 Å². The number of hydrogen-bond donors (Lipinski definition) is 2. The number of carbonyl (C=O) groups is 1. The van der Waals surface area contributed by atoms with Gasteiger partial charge in [0.05, 0.1) is 5.69 Å². The number of rotatable bonds is 4. The van der Waals surface area contributed by atoms with Crippen LogP contribution in [0.3, 0.4) is 0 Å². The third-order valence-corrected chi connectivity index (χ3v) is 3.34. The summed E-state index contributed by atoms with van der Waals surface area (Å²) in [6.07, 6.45) is 0.622. The molecule has 2 aromatic rings. The van der Waals surface area contributed by atoms with Gasteiger partial charge in [-0.25, -0.2) is 4.79 Å². The van der Waals surface area contributed by atoms with Crippen molar-refractivity contribution >= 4 is 11.7 Å². The van der Waals surface area contributed by atoms with Gasteiger partial charge in [-0.1, -0.05) is 38.1 Å². The highest BCUT2D eigenvalue weighted by Crippen LogP contribution is 2.23. The number of hydrogen-bond acceptors (Lipinski definition) is 3. The molecule has 1 aromatic heterocycles. The van der Waals surface area contributed by atoms with E-state index in [1.165, 1.54) is 5.56 Å². The van der Waals surface area contributed by atoms with E-state index in [0.717, 1.165) is 17.1 Å². The number of urea groups is 1. The molecule has 0 aliphatic heterocycles. The van der Waals surface area contributed by atoms with Crippen LogP contribution in [0, 0.1) is 6.92 Å². The van der Waals surface area contributed by atoms with Gasteiger partial charge in [-0.3, -0.25) is 0 Å². The van der Waals surface area contributed by atoms with Crippen molar-refractivity contribution in [3.05, 3.63) is 47.3 Å². The molecule has 118 valence electrons. The van der Waals surface area contributed by atoms with Crippen molar-refractivity contribution in [2.24, 2.45) is 0 Å². The topological polar surface area (TPSA) is 67.2 Å². The maximum Gasteiger partial charge on any atom is 0.319 e. The molecular weight excluding hydrogens is 278 g/mol. The fourth-order valence-electron chi connectivity index (χ4n) is 2.06. The first-order valence-corrected chi connectivity index (χ1v) is 7.42. The average molecular weight is 301 g/mol. The van der Waals surface area contributed by atoms with Crippen LogP contribution in [0.5, 0.6) is 0 Å². The van der Waals surface area contributed by atoms with Crippen molar-refractivity contribution in [1.29, 1.82) is 0 Å². The molecular formula is C17H23N3O2. The molecule has 2 amide bonds. The molecule has 0 radical (unpaired) electrons. The second-order valence-corrected chi connectivity index (χ2v) is 6.39. The molecule has 0 unspecified atom stereocenters. The van der Waals surface area contributed by atoms with Crippen LogP contribution in [0.1, 0.15) is 37.8 Å². The Labute approximate surface area is 131 Å². The quantitative estimate of drug-likeness (QED) is 0.906. The first kappa shape index (κ1) is 16.1. The second-order valence-electron chi connectivity index (χ2n) is 6.39.